The van der Waals surface area contributed by atoms with Crippen LogP contribution in [-0.2, 0) is 20.0 Å². The van der Waals surface area contributed by atoms with Crippen LogP contribution in [0.5, 0.6) is 0 Å². The van der Waals surface area contributed by atoms with Gasteiger partial charge < -0.3 is 0 Å². The normalized spacial score (nSPS) is 16.5. The summed E-state index contributed by atoms with van der Waals surface area (Å²) >= 11 is 0. The molecule has 0 atom stereocenters. The van der Waals surface area contributed by atoms with Gasteiger partial charge in [0.2, 0.25) is 20.0 Å². The van der Waals surface area contributed by atoms with Crippen molar-refractivity contribution in [1.29, 1.82) is 0 Å². The fourth-order valence-electron chi connectivity index (χ4n) is 3.82. The van der Waals surface area contributed by atoms with E-state index in [-0.39, 0.29) is 11.4 Å². The van der Waals surface area contributed by atoms with Gasteiger partial charge in [0.1, 0.15) is 0 Å². The lowest BCUT2D eigenvalue weighted by Gasteiger charge is -2.34. The molecule has 2 aromatic carbocycles. The summed E-state index contributed by atoms with van der Waals surface area (Å²) in [5, 5.41) is 0. The van der Waals surface area contributed by atoms with Crippen LogP contribution in [0.15, 0.2) is 58.3 Å². The minimum absolute atomic E-state index is 0.256. The molecule has 1 aliphatic heterocycles. The summed E-state index contributed by atoms with van der Waals surface area (Å²) < 4.78 is 55.2. The molecule has 0 saturated carbocycles. The van der Waals surface area contributed by atoms with Crippen LogP contribution in [0.1, 0.15) is 50.7 Å². The summed E-state index contributed by atoms with van der Waals surface area (Å²) in [5.74, 6) is 0.693. The van der Waals surface area contributed by atoms with Gasteiger partial charge in [0.05, 0.1) is 9.79 Å². The SMILES string of the molecule is CC(C)c1ccc(S(=O)(=O)NCCN2CCN(S(=O)(=O)c3ccc(C(C)C)cc3)CC2)cc1. The first-order chi connectivity index (χ1) is 15.5. The van der Waals surface area contributed by atoms with Gasteiger partial charge in [0, 0.05) is 39.3 Å². The summed E-state index contributed by atoms with van der Waals surface area (Å²) in [5.41, 5.74) is 2.20. The molecule has 2 aromatic rings. The van der Waals surface area contributed by atoms with E-state index in [9.17, 15) is 16.8 Å². The third-order valence-electron chi connectivity index (χ3n) is 6.09. The molecule has 0 bridgehead atoms. The lowest BCUT2D eigenvalue weighted by atomic mass is 10.0. The smallest absolute Gasteiger partial charge is 0.243 e. The van der Waals surface area contributed by atoms with Gasteiger partial charge >= 0.3 is 0 Å². The molecular formula is C24H35N3O4S2. The second kappa shape index (κ2) is 10.7. The Balaban J connectivity index is 1.50. The van der Waals surface area contributed by atoms with Crippen LogP contribution in [0.25, 0.3) is 0 Å². The van der Waals surface area contributed by atoms with Crippen molar-refractivity contribution in [3.63, 3.8) is 0 Å². The number of piperazine rings is 1. The number of nitrogens with zero attached hydrogens (tertiary/aromatic N) is 2. The predicted molar refractivity (Wildman–Crippen MR) is 131 cm³/mol. The van der Waals surface area contributed by atoms with Crippen molar-refractivity contribution in [2.24, 2.45) is 0 Å². The van der Waals surface area contributed by atoms with Crippen LogP contribution in [-0.4, -0.2) is 65.3 Å². The molecule has 1 aliphatic rings. The standard InChI is InChI=1S/C24H35N3O4S2/c1-19(2)21-5-9-23(10-6-21)32(28,29)25-13-14-26-15-17-27(18-16-26)33(30,31)24-11-7-22(8-12-24)20(3)4/h5-12,19-20,25H,13-18H2,1-4H3. The van der Waals surface area contributed by atoms with Crippen LogP contribution in [0.3, 0.4) is 0 Å². The van der Waals surface area contributed by atoms with E-state index in [2.05, 4.69) is 37.3 Å². The summed E-state index contributed by atoms with van der Waals surface area (Å²) in [6, 6.07) is 14.1. The first-order valence-corrected chi connectivity index (χ1v) is 14.3. The molecule has 1 heterocycles. The zero-order chi connectivity index (χ0) is 24.2. The van der Waals surface area contributed by atoms with E-state index in [0.717, 1.165) is 11.1 Å². The molecule has 7 nitrogen and oxygen atoms in total. The van der Waals surface area contributed by atoms with E-state index in [1.165, 1.54) is 4.31 Å². The van der Waals surface area contributed by atoms with Crippen molar-refractivity contribution < 1.29 is 16.8 Å². The Morgan fingerprint density at radius 3 is 1.64 bits per heavy atom. The molecule has 9 heteroatoms. The van der Waals surface area contributed by atoms with Crippen LogP contribution >= 0.6 is 0 Å². The first-order valence-electron chi connectivity index (χ1n) is 11.4. The quantitative estimate of drug-likeness (QED) is 0.580. The van der Waals surface area contributed by atoms with E-state index in [4.69, 9.17) is 0 Å². The monoisotopic (exact) mass is 493 g/mol. The van der Waals surface area contributed by atoms with Gasteiger partial charge in [-0.25, -0.2) is 21.6 Å². The van der Waals surface area contributed by atoms with Crippen molar-refractivity contribution in [3.05, 3.63) is 59.7 Å². The minimum Gasteiger partial charge on any atom is -0.299 e. The molecule has 1 saturated heterocycles. The Labute approximate surface area is 198 Å². The fraction of sp³-hybridized carbons (Fsp3) is 0.500. The fourth-order valence-corrected chi connectivity index (χ4v) is 6.26. The largest absolute Gasteiger partial charge is 0.299 e. The maximum absolute atomic E-state index is 13.0. The Kier molecular flexibility index (Phi) is 8.34. The van der Waals surface area contributed by atoms with Gasteiger partial charge in [-0.2, -0.15) is 4.31 Å². The maximum Gasteiger partial charge on any atom is 0.243 e. The van der Waals surface area contributed by atoms with Crippen molar-refractivity contribution in [1.82, 2.24) is 13.9 Å². The summed E-state index contributed by atoms with van der Waals surface area (Å²) in [6.07, 6.45) is 0. The topological polar surface area (TPSA) is 86.8 Å². The molecule has 33 heavy (non-hydrogen) atoms. The predicted octanol–water partition coefficient (Wildman–Crippen LogP) is 3.22. The lowest BCUT2D eigenvalue weighted by molar-refractivity contribution is 0.191. The Hall–Kier alpha value is -1.78. The Bertz CT molecular complexity index is 1120. The van der Waals surface area contributed by atoms with Crippen LogP contribution < -0.4 is 4.72 Å². The second-order valence-electron chi connectivity index (χ2n) is 9.09. The first kappa shape index (κ1) is 25.8. The summed E-state index contributed by atoms with van der Waals surface area (Å²) in [4.78, 5) is 2.65. The Morgan fingerprint density at radius 2 is 1.18 bits per heavy atom. The number of hydrogen-bond donors (Lipinski definition) is 1. The molecule has 0 unspecified atom stereocenters. The third kappa shape index (κ3) is 6.42. The molecule has 1 fully saturated rings. The van der Waals surface area contributed by atoms with Gasteiger partial charge in [0.15, 0.2) is 0 Å². The minimum atomic E-state index is -3.57. The third-order valence-corrected chi connectivity index (χ3v) is 9.48. The highest BCUT2D eigenvalue weighted by molar-refractivity contribution is 7.89. The van der Waals surface area contributed by atoms with Crippen molar-refractivity contribution in [2.75, 3.05) is 39.3 Å². The number of benzene rings is 2. The molecular weight excluding hydrogens is 458 g/mol. The van der Waals surface area contributed by atoms with Crippen molar-refractivity contribution in [2.45, 2.75) is 49.3 Å². The van der Waals surface area contributed by atoms with E-state index in [1.54, 1.807) is 24.3 Å². The molecule has 0 aromatic heterocycles. The maximum atomic E-state index is 13.0. The van der Waals surface area contributed by atoms with Gasteiger partial charge in [-0.1, -0.05) is 52.0 Å². The lowest BCUT2D eigenvalue weighted by Crippen LogP contribution is -2.50. The van der Waals surface area contributed by atoms with Gasteiger partial charge in [-0.15, -0.1) is 0 Å². The highest BCUT2D eigenvalue weighted by atomic mass is 32.2. The van der Waals surface area contributed by atoms with Crippen LogP contribution in [0.4, 0.5) is 0 Å². The zero-order valence-electron chi connectivity index (χ0n) is 19.9. The molecule has 0 radical (unpaired) electrons. The van der Waals surface area contributed by atoms with E-state index in [0.29, 0.717) is 49.5 Å². The Morgan fingerprint density at radius 1 is 0.727 bits per heavy atom. The molecule has 0 aliphatic carbocycles. The van der Waals surface area contributed by atoms with Gasteiger partial charge in [-0.05, 0) is 47.2 Å². The van der Waals surface area contributed by atoms with Crippen LogP contribution in [0.2, 0.25) is 0 Å². The molecule has 0 spiro atoms. The van der Waals surface area contributed by atoms with Crippen molar-refractivity contribution >= 4 is 20.0 Å². The van der Waals surface area contributed by atoms with Crippen molar-refractivity contribution in [3.8, 4) is 0 Å². The highest BCUT2D eigenvalue weighted by Gasteiger charge is 2.28. The number of rotatable bonds is 9. The van der Waals surface area contributed by atoms with E-state index in [1.807, 2.05) is 24.3 Å². The summed E-state index contributed by atoms with van der Waals surface area (Å²) in [6.45, 7) is 11.0. The number of nitrogens with one attached hydrogen (secondary N) is 1. The molecule has 1 N–H and O–H groups in total. The van der Waals surface area contributed by atoms with E-state index < -0.39 is 20.0 Å². The molecule has 3 rings (SSSR count). The molecule has 0 amide bonds. The van der Waals surface area contributed by atoms with Gasteiger partial charge in [-0.3, -0.25) is 4.90 Å². The summed E-state index contributed by atoms with van der Waals surface area (Å²) in [7, 11) is -7.09. The zero-order valence-corrected chi connectivity index (χ0v) is 21.5. The highest BCUT2D eigenvalue weighted by Crippen LogP contribution is 2.21. The second-order valence-corrected chi connectivity index (χ2v) is 12.8. The van der Waals surface area contributed by atoms with E-state index >= 15 is 0 Å². The average molecular weight is 494 g/mol. The molecule has 182 valence electrons. The number of hydrogen-bond acceptors (Lipinski definition) is 5. The average Bonchev–Trinajstić information content (AvgIpc) is 2.79. The van der Waals surface area contributed by atoms with Crippen LogP contribution in [0, 0.1) is 0 Å². The van der Waals surface area contributed by atoms with Gasteiger partial charge in [0.25, 0.3) is 0 Å². The number of sulfonamides is 2.